The van der Waals surface area contributed by atoms with E-state index in [1.54, 1.807) is 23.9 Å². The standard InChI is InChI=1S/C20H25N5O4/c1-3-25-7-5-15(23-25)18(26)21-8-13-14-9-24(10-20(14)6-4-16(13)29-20)19(27)17-12(2)22-11-28-17/h5,7,11,13-14,16H,3-4,6,8-10H2,1-2H3,(H,21,26)/t13-,14+,16+,20+/m0/s1. The SMILES string of the molecule is CCn1ccc(C(=O)NC[C@H]2[C@H]3CN(C(=O)c4ocnc4C)C[C@]34CC[C@H]2O4)n1. The largest absolute Gasteiger partial charge is 0.438 e. The van der Waals surface area contributed by atoms with Gasteiger partial charge in [0.05, 0.1) is 23.9 Å². The molecule has 3 aliphatic heterocycles. The lowest BCUT2D eigenvalue weighted by molar-refractivity contribution is 0.00284. The topological polar surface area (TPSA) is 102 Å². The number of hydrogen-bond donors (Lipinski definition) is 1. The van der Waals surface area contributed by atoms with E-state index in [-0.39, 0.29) is 35.4 Å². The van der Waals surface area contributed by atoms with Gasteiger partial charge < -0.3 is 19.4 Å². The molecule has 3 saturated heterocycles. The molecule has 2 aromatic heterocycles. The summed E-state index contributed by atoms with van der Waals surface area (Å²) < 4.78 is 13.4. The van der Waals surface area contributed by atoms with Crippen molar-refractivity contribution in [3.63, 3.8) is 0 Å². The van der Waals surface area contributed by atoms with Crippen molar-refractivity contribution < 1.29 is 18.7 Å². The van der Waals surface area contributed by atoms with Crippen molar-refractivity contribution in [3.8, 4) is 0 Å². The van der Waals surface area contributed by atoms with Gasteiger partial charge in [0, 0.05) is 37.7 Å². The van der Waals surface area contributed by atoms with Crippen LogP contribution in [0.4, 0.5) is 0 Å². The average molecular weight is 399 g/mol. The number of likely N-dealkylation sites (tertiary alicyclic amines) is 1. The minimum atomic E-state index is -0.298. The number of fused-ring (bicyclic) bond motifs is 1. The second-order valence-corrected chi connectivity index (χ2v) is 8.25. The Morgan fingerprint density at radius 1 is 1.41 bits per heavy atom. The Balaban J connectivity index is 1.27. The second kappa shape index (κ2) is 6.69. The molecule has 3 aliphatic rings. The van der Waals surface area contributed by atoms with Crippen LogP contribution >= 0.6 is 0 Å². The van der Waals surface area contributed by atoms with E-state index in [2.05, 4.69) is 15.4 Å². The molecule has 2 bridgehead atoms. The predicted octanol–water partition coefficient (Wildman–Crippen LogP) is 1.25. The molecule has 0 aliphatic carbocycles. The predicted molar refractivity (Wildman–Crippen MR) is 101 cm³/mol. The third kappa shape index (κ3) is 2.87. The van der Waals surface area contributed by atoms with Crippen LogP contribution in [0.5, 0.6) is 0 Å². The Morgan fingerprint density at radius 3 is 3.00 bits per heavy atom. The molecule has 0 aromatic carbocycles. The minimum absolute atomic E-state index is 0.135. The average Bonchev–Trinajstić information content (AvgIpc) is 3.51. The van der Waals surface area contributed by atoms with Gasteiger partial charge in [-0.2, -0.15) is 5.10 Å². The van der Waals surface area contributed by atoms with Gasteiger partial charge in [0.1, 0.15) is 5.69 Å². The molecule has 0 unspecified atom stereocenters. The highest BCUT2D eigenvalue weighted by Crippen LogP contribution is 2.54. The van der Waals surface area contributed by atoms with Crippen LogP contribution in [-0.4, -0.2) is 62.8 Å². The van der Waals surface area contributed by atoms with E-state index < -0.39 is 0 Å². The molecule has 5 rings (SSSR count). The van der Waals surface area contributed by atoms with E-state index >= 15 is 0 Å². The molecule has 1 spiro atoms. The Morgan fingerprint density at radius 2 is 2.28 bits per heavy atom. The maximum absolute atomic E-state index is 12.9. The quantitative estimate of drug-likeness (QED) is 0.812. The first-order valence-corrected chi connectivity index (χ1v) is 10.2. The number of oxazole rings is 1. The summed E-state index contributed by atoms with van der Waals surface area (Å²) in [6.45, 7) is 6.18. The van der Waals surface area contributed by atoms with E-state index in [1.165, 1.54) is 6.39 Å². The smallest absolute Gasteiger partial charge is 0.291 e. The lowest BCUT2D eigenvalue weighted by Gasteiger charge is -2.29. The number of carbonyl (C=O) groups is 2. The molecule has 0 radical (unpaired) electrons. The van der Waals surface area contributed by atoms with E-state index in [9.17, 15) is 9.59 Å². The molecular weight excluding hydrogens is 374 g/mol. The molecule has 5 heterocycles. The summed E-state index contributed by atoms with van der Waals surface area (Å²) in [4.78, 5) is 31.2. The molecule has 154 valence electrons. The highest BCUT2D eigenvalue weighted by atomic mass is 16.5. The molecule has 4 atom stereocenters. The molecule has 3 fully saturated rings. The Labute approximate surface area is 168 Å². The number of amides is 2. The number of nitrogens with one attached hydrogen (secondary N) is 1. The maximum atomic E-state index is 12.9. The van der Waals surface area contributed by atoms with E-state index in [0.717, 1.165) is 19.4 Å². The van der Waals surface area contributed by atoms with Crippen molar-refractivity contribution in [3.05, 3.63) is 35.8 Å². The summed E-state index contributed by atoms with van der Waals surface area (Å²) in [7, 11) is 0. The highest BCUT2D eigenvalue weighted by Gasteiger charge is 2.63. The zero-order chi connectivity index (χ0) is 20.2. The van der Waals surface area contributed by atoms with Gasteiger partial charge in [-0.15, -0.1) is 0 Å². The maximum Gasteiger partial charge on any atom is 0.291 e. The van der Waals surface area contributed by atoms with Crippen molar-refractivity contribution in [1.29, 1.82) is 0 Å². The second-order valence-electron chi connectivity index (χ2n) is 8.25. The summed E-state index contributed by atoms with van der Waals surface area (Å²) in [5, 5.41) is 7.29. The lowest BCUT2D eigenvalue weighted by Crippen LogP contribution is -2.42. The zero-order valence-electron chi connectivity index (χ0n) is 16.6. The molecular formula is C20H25N5O4. The van der Waals surface area contributed by atoms with Crippen LogP contribution in [0, 0.1) is 18.8 Å². The van der Waals surface area contributed by atoms with Crippen molar-refractivity contribution in [2.75, 3.05) is 19.6 Å². The molecule has 0 saturated carbocycles. The number of nitrogens with zero attached hydrogens (tertiary/aromatic N) is 4. The summed E-state index contributed by atoms with van der Waals surface area (Å²) in [6.07, 6.45) is 5.16. The van der Waals surface area contributed by atoms with Crippen molar-refractivity contribution in [2.45, 2.75) is 44.9 Å². The fourth-order valence-electron chi connectivity index (χ4n) is 5.23. The molecule has 2 aromatic rings. The number of aromatic nitrogens is 3. The van der Waals surface area contributed by atoms with Crippen LogP contribution in [0.3, 0.4) is 0 Å². The van der Waals surface area contributed by atoms with Gasteiger partial charge in [0.2, 0.25) is 5.76 Å². The zero-order valence-corrected chi connectivity index (χ0v) is 16.6. The first kappa shape index (κ1) is 18.4. The molecule has 29 heavy (non-hydrogen) atoms. The summed E-state index contributed by atoms with van der Waals surface area (Å²) in [5.74, 6) is 0.393. The van der Waals surface area contributed by atoms with Crippen LogP contribution < -0.4 is 5.32 Å². The van der Waals surface area contributed by atoms with Crippen LogP contribution in [-0.2, 0) is 11.3 Å². The number of rotatable bonds is 5. The van der Waals surface area contributed by atoms with Gasteiger partial charge in [-0.05, 0) is 32.8 Å². The Kier molecular flexibility index (Phi) is 4.23. The van der Waals surface area contributed by atoms with Crippen molar-refractivity contribution in [2.24, 2.45) is 11.8 Å². The third-order valence-corrected chi connectivity index (χ3v) is 6.71. The third-order valence-electron chi connectivity index (χ3n) is 6.71. The molecule has 9 heteroatoms. The van der Waals surface area contributed by atoms with E-state index in [1.807, 2.05) is 11.8 Å². The number of carbonyl (C=O) groups excluding carboxylic acids is 2. The lowest BCUT2D eigenvalue weighted by atomic mass is 9.73. The van der Waals surface area contributed by atoms with E-state index in [0.29, 0.717) is 36.8 Å². The summed E-state index contributed by atoms with van der Waals surface area (Å²) in [5.41, 5.74) is 0.729. The van der Waals surface area contributed by atoms with Crippen LogP contribution in [0.2, 0.25) is 0 Å². The van der Waals surface area contributed by atoms with Crippen molar-refractivity contribution in [1.82, 2.24) is 25.0 Å². The summed E-state index contributed by atoms with van der Waals surface area (Å²) in [6, 6.07) is 1.73. The molecule has 9 nitrogen and oxygen atoms in total. The van der Waals surface area contributed by atoms with E-state index in [4.69, 9.17) is 9.15 Å². The fraction of sp³-hybridized carbons (Fsp3) is 0.600. The van der Waals surface area contributed by atoms with Gasteiger partial charge in [0.25, 0.3) is 11.8 Å². The van der Waals surface area contributed by atoms with Gasteiger partial charge >= 0.3 is 0 Å². The number of hydrogen-bond acceptors (Lipinski definition) is 6. The Hall–Kier alpha value is -2.68. The fourth-order valence-corrected chi connectivity index (χ4v) is 5.23. The van der Waals surface area contributed by atoms with Gasteiger partial charge in [-0.25, -0.2) is 4.98 Å². The Bertz CT molecular complexity index is 952. The minimum Gasteiger partial charge on any atom is -0.438 e. The monoisotopic (exact) mass is 399 g/mol. The van der Waals surface area contributed by atoms with Crippen LogP contribution in [0.15, 0.2) is 23.1 Å². The first-order valence-electron chi connectivity index (χ1n) is 10.2. The number of aryl methyl sites for hydroxylation is 2. The molecule has 1 N–H and O–H groups in total. The number of ether oxygens (including phenoxy) is 1. The van der Waals surface area contributed by atoms with Gasteiger partial charge in [-0.3, -0.25) is 14.3 Å². The molecule has 2 amide bonds. The van der Waals surface area contributed by atoms with Gasteiger partial charge in [-0.1, -0.05) is 0 Å². The summed E-state index contributed by atoms with van der Waals surface area (Å²) >= 11 is 0. The first-order chi connectivity index (χ1) is 14.0. The normalized spacial score (nSPS) is 30.0. The van der Waals surface area contributed by atoms with Crippen molar-refractivity contribution >= 4 is 11.8 Å². The van der Waals surface area contributed by atoms with Crippen LogP contribution in [0.1, 0.15) is 46.5 Å². The highest BCUT2D eigenvalue weighted by molar-refractivity contribution is 5.93. The van der Waals surface area contributed by atoms with Crippen LogP contribution in [0.25, 0.3) is 0 Å². The van der Waals surface area contributed by atoms with Gasteiger partial charge in [0.15, 0.2) is 6.39 Å².